The van der Waals surface area contributed by atoms with Crippen LogP contribution < -0.4 is 35.7 Å². The fourth-order valence-corrected chi connectivity index (χ4v) is 10.7. The van der Waals surface area contributed by atoms with Crippen molar-refractivity contribution in [3.05, 3.63) is 229 Å². The molecule has 9 N–H and O–H groups in total. The van der Waals surface area contributed by atoms with Crippen molar-refractivity contribution in [1.82, 2.24) is 43.1 Å². The molecule has 6 aromatic carbocycles. The number of nitrogens with two attached hydrogens (primary N) is 2. The Hall–Kier alpha value is -10.2. The van der Waals surface area contributed by atoms with Gasteiger partial charge in [0, 0.05) is 79.2 Å². The summed E-state index contributed by atoms with van der Waals surface area (Å²) in [5.74, 6) is 2.31. The van der Waals surface area contributed by atoms with E-state index in [0.29, 0.717) is 65.3 Å². The number of aromatic nitrogens is 9. The molecule has 0 amide bonds. The average molecular weight is 1230 g/mol. The van der Waals surface area contributed by atoms with Gasteiger partial charge in [0.05, 0.1) is 65.4 Å². The van der Waals surface area contributed by atoms with Crippen molar-refractivity contribution >= 4 is 70.2 Å². The number of methoxy groups -OCH3 is 1. The number of aliphatic hydroxyl groups is 1. The normalized spacial score (nSPS) is 11.6. The SMILES string of the molecule is COc1ccc(CNc2nccn3c(-c4cccc(NS(C)(=O)=O)c4)cnc23)cc1.NS(=O)(=O)c1ccc(CNc2nccn3c(-c4cccc(CO)c4)cnc23)cc1.NS(=O)(=O)c1ccc(CNc2nccn3c(-c4cccc(F)c4)cnc23)cc1. The Morgan fingerprint density at radius 2 is 0.885 bits per heavy atom. The van der Waals surface area contributed by atoms with Crippen molar-refractivity contribution in [3.63, 3.8) is 0 Å². The zero-order valence-electron chi connectivity index (χ0n) is 46.5. The number of imidazole rings is 3. The summed E-state index contributed by atoms with van der Waals surface area (Å²) in [6, 6.07) is 41.5. The molecule has 0 bridgehead atoms. The van der Waals surface area contributed by atoms with Crippen molar-refractivity contribution in [2.24, 2.45) is 10.3 Å². The number of halogens is 1. The van der Waals surface area contributed by atoms with Gasteiger partial charge in [-0.2, -0.15) is 0 Å². The van der Waals surface area contributed by atoms with Crippen molar-refractivity contribution in [2.75, 3.05) is 34.0 Å². The van der Waals surface area contributed by atoms with Crippen molar-refractivity contribution < 1.29 is 39.5 Å². The molecule has 0 unspecified atom stereocenters. The van der Waals surface area contributed by atoms with E-state index >= 15 is 0 Å². The second-order valence-corrected chi connectivity index (χ2v) is 24.3. The number of sulfonamides is 3. The highest BCUT2D eigenvalue weighted by atomic mass is 32.2. The van der Waals surface area contributed by atoms with Crippen LogP contribution in [0, 0.1) is 5.82 Å². The van der Waals surface area contributed by atoms with Crippen LogP contribution in [0.25, 0.3) is 50.7 Å². The molecule has 0 radical (unpaired) electrons. The summed E-state index contributed by atoms with van der Waals surface area (Å²) in [6.45, 7) is 1.43. The Kier molecular flexibility index (Phi) is 17.9. The van der Waals surface area contributed by atoms with Crippen LogP contribution in [-0.2, 0) is 56.3 Å². The predicted octanol–water partition coefficient (Wildman–Crippen LogP) is 8.33. The Morgan fingerprint density at radius 3 is 1.28 bits per heavy atom. The molecule has 12 rings (SSSR count). The van der Waals surface area contributed by atoms with Gasteiger partial charge in [0.15, 0.2) is 34.4 Å². The van der Waals surface area contributed by atoms with E-state index in [-0.39, 0.29) is 22.2 Å². The number of fused-ring (bicyclic) bond motifs is 3. The summed E-state index contributed by atoms with van der Waals surface area (Å²) in [4.78, 5) is 26.6. The maximum absolute atomic E-state index is 13.5. The van der Waals surface area contributed by atoms with Gasteiger partial charge in [0.1, 0.15) is 11.6 Å². The van der Waals surface area contributed by atoms with Crippen LogP contribution in [0.1, 0.15) is 22.3 Å². The minimum absolute atomic E-state index is 0.0246. The predicted molar refractivity (Wildman–Crippen MR) is 330 cm³/mol. The third-order valence-electron chi connectivity index (χ3n) is 13.3. The molecule has 0 saturated carbocycles. The first-order chi connectivity index (χ1) is 41.8. The molecule has 0 fully saturated rings. The van der Waals surface area contributed by atoms with E-state index in [9.17, 15) is 34.8 Å². The first-order valence-electron chi connectivity index (χ1n) is 26.4. The Bertz CT molecular complexity index is 4760. The third kappa shape index (κ3) is 14.9. The Labute approximate surface area is 499 Å². The van der Waals surface area contributed by atoms with Crippen LogP contribution in [0.4, 0.5) is 27.5 Å². The minimum atomic E-state index is -3.71. The van der Waals surface area contributed by atoms with Crippen LogP contribution in [0.15, 0.2) is 211 Å². The van der Waals surface area contributed by atoms with Crippen molar-refractivity contribution in [1.29, 1.82) is 0 Å². The lowest BCUT2D eigenvalue weighted by Crippen LogP contribution is -2.12. The van der Waals surface area contributed by atoms with Gasteiger partial charge in [-0.15, -0.1) is 0 Å². The van der Waals surface area contributed by atoms with Crippen LogP contribution >= 0.6 is 0 Å². The third-order valence-corrected chi connectivity index (χ3v) is 15.8. The highest BCUT2D eigenvalue weighted by Crippen LogP contribution is 2.29. The number of nitrogens with zero attached hydrogens (tertiary/aromatic N) is 9. The number of hydrogen-bond acceptors (Lipinski definition) is 17. The highest BCUT2D eigenvalue weighted by molar-refractivity contribution is 7.92. The first kappa shape index (κ1) is 60.0. The average Bonchev–Trinajstić information content (AvgIpc) is 2.23. The van der Waals surface area contributed by atoms with Gasteiger partial charge in [-0.05, 0) is 89.0 Å². The maximum atomic E-state index is 13.5. The molecule has 6 aromatic heterocycles. The summed E-state index contributed by atoms with van der Waals surface area (Å²) in [5, 5.41) is 29.3. The number of hydrogen-bond donors (Lipinski definition) is 7. The molecule has 444 valence electrons. The second kappa shape index (κ2) is 26.0. The van der Waals surface area contributed by atoms with Crippen molar-refractivity contribution in [3.8, 4) is 39.5 Å². The number of primary sulfonamides is 2. The van der Waals surface area contributed by atoms with Crippen LogP contribution in [0.5, 0.6) is 5.75 Å². The molecule has 12 aromatic rings. The van der Waals surface area contributed by atoms with E-state index in [4.69, 9.17) is 15.0 Å². The molecule has 0 aliphatic rings. The number of aliphatic hydroxyl groups excluding tert-OH is 1. The van der Waals surface area contributed by atoms with Gasteiger partial charge in [0.25, 0.3) is 0 Å². The number of anilines is 4. The number of rotatable bonds is 18. The fourth-order valence-electron chi connectivity index (χ4n) is 9.10. The molecule has 87 heavy (non-hydrogen) atoms. The molecule has 0 spiro atoms. The summed E-state index contributed by atoms with van der Waals surface area (Å²) < 4.78 is 95.3. The smallest absolute Gasteiger partial charge is 0.238 e. The molecule has 6 heterocycles. The molecule has 0 aliphatic heterocycles. The lowest BCUT2D eigenvalue weighted by molar-refractivity contribution is 0.282. The van der Waals surface area contributed by atoms with Crippen LogP contribution in [-0.4, -0.2) is 86.8 Å². The monoisotopic (exact) mass is 1230 g/mol. The van der Waals surface area contributed by atoms with E-state index in [1.807, 2.05) is 86.3 Å². The van der Waals surface area contributed by atoms with Gasteiger partial charge >= 0.3 is 0 Å². The summed E-state index contributed by atoms with van der Waals surface area (Å²) in [6.07, 6.45) is 16.7. The molecular formula is C60H56FN15O8S3. The number of benzene rings is 6. The van der Waals surface area contributed by atoms with Crippen LogP contribution in [0.3, 0.4) is 0 Å². The second-order valence-electron chi connectivity index (χ2n) is 19.4. The lowest BCUT2D eigenvalue weighted by Gasteiger charge is -2.09. The van der Waals surface area contributed by atoms with E-state index in [0.717, 1.165) is 62.5 Å². The molecule has 0 saturated heterocycles. The standard InChI is InChI=1S/C21H21N5O3S.C20H19N5O3S.C19H16FN5O2S/c1-29-18-8-6-15(7-9-18)13-23-20-21-24-14-19(26(21)11-10-22-20)16-4-3-5-17(12-16)25-30(2,27)28;21-29(27,28)17-6-4-14(5-7-17)11-23-19-20-24-12-18(25(20)9-8-22-19)16-3-1-2-15(10-16)13-26;20-15-3-1-2-14(10-15)17-12-24-19-18(22-8-9-25(17)19)23-11-13-4-6-16(7-5-13)28(21,26)27/h3-12,14,25H,13H2,1-2H3,(H,22,23);1-10,12,26H,11,13H2,(H,22,23)(H2,21,27,28);1-10,12H,11H2,(H,22,23)(H2,21,26,27). The quantitative estimate of drug-likeness (QED) is 0.0424. The van der Waals surface area contributed by atoms with E-state index in [2.05, 4.69) is 50.6 Å². The summed E-state index contributed by atoms with van der Waals surface area (Å²) in [7, 11) is -9.13. The molecular weight excluding hydrogens is 1170 g/mol. The van der Waals surface area contributed by atoms with Crippen LogP contribution in [0.2, 0.25) is 0 Å². The van der Waals surface area contributed by atoms with E-state index in [1.54, 1.807) is 99.0 Å². The largest absolute Gasteiger partial charge is 0.497 e. The van der Waals surface area contributed by atoms with Gasteiger partial charge in [-0.25, -0.2) is 69.8 Å². The highest BCUT2D eigenvalue weighted by Gasteiger charge is 2.16. The van der Waals surface area contributed by atoms with E-state index in [1.165, 1.54) is 36.4 Å². The topological polar surface area (TPSA) is 323 Å². The number of nitrogens with one attached hydrogen (secondary N) is 4. The Balaban J connectivity index is 0.000000145. The van der Waals surface area contributed by atoms with E-state index < -0.39 is 30.1 Å². The first-order valence-corrected chi connectivity index (χ1v) is 31.4. The number of ether oxygens (including phenoxy) is 1. The van der Waals surface area contributed by atoms with Gasteiger partial charge < -0.3 is 25.8 Å². The van der Waals surface area contributed by atoms with Gasteiger partial charge in [0.2, 0.25) is 30.1 Å². The lowest BCUT2D eigenvalue weighted by atomic mass is 10.1. The fraction of sp³-hybridized carbons (Fsp3) is 0.100. The van der Waals surface area contributed by atoms with Crippen molar-refractivity contribution in [2.45, 2.75) is 36.0 Å². The minimum Gasteiger partial charge on any atom is -0.497 e. The maximum Gasteiger partial charge on any atom is 0.238 e. The Morgan fingerprint density at radius 1 is 0.494 bits per heavy atom. The molecule has 27 heteroatoms. The zero-order valence-corrected chi connectivity index (χ0v) is 48.9. The molecule has 0 atom stereocenters. The summed E-state index contributed by atoms with van der Waals surface area (Å²) in [5.41, 5.74) is 11.1. The molecule has 23 nitrogen and oxygen atoms in total. The molecule has 0 aliphatic carbocycles. The van der Waals surface area contributed by atoms with Gasteiger partial charge in [-0.3, -0.25) is 17.9 Å². The zero-order chi connectivity index (χ0) is 61.3. The summed E-state index contributed by atoms with van der Waals surface area (Å²) >= 11 is 0. The van der Waals surface area contributed by atoms with Gasteiger partial charge in [-0.1, -0.05) is 78.9 Å².